The zero-order valence-corrected chi connectivity index (χ0v) is 15.6. The van der Waals surface area contributed by atoms with Gasteiger partial charge in [-0.2, -0.15) is 0 Å². The van der Waals surface area contributed by atoms with E-state index in [1.165, 1.54) is 0 Å². The lowest BCUT2D eigenvalue weighted by Crippen LogP contribution is -1.96. The Morgan fingerprint density at radius 2 is 1.93 bits per heavy atom. The molecule has 0 bridgehead atoms. The van der Waals surface area contributed by atoms with Crippen molar-refractivity contribution in [3.05, 3.63) is 65.5 Å². The predicted molar refractivity (Wildman–Crippen MR) is 103 cm³/mol. The first-order chi connectivity index (χ1) is 13.2. The number of oxime groups is 1. The van der Waals surface area contributed by atoms with E-state index in [4.69, 9.17) is 18.7 Å². The Morgan fingerprint density at radius 1 is 1.11 bits per heavy atom. The number of nitrogens with zero attached hydrogens (tertiary/aromatic N) is 2. The summed E-state index contributed by atoms with van der Waals surface area (Å²) in [6.45, 7) is 4.60. The van der Waals surface area contributed by atoms with Crippen LogP contribution in [0.1, 0.15) is 23.9 Å². The molecule has 2 aromatic carbocycles. The molecule has 0 N–H and O–H groups in total. The molecule has 3 rings (SSSR count). The number of methoxy groups -OCH3 is 1. The molecule has 3 aromatic rings. The zero-order chi connectivity index (χ0) is 19.1. The standard InChI is InChI=1S/C21H22N2O4/c1-4-25-19-11-10-16(12-20(19)24-3)13-22-26-14-18-15(2)27-21(23-18)17-8-6-5-7-9-17/h5-13H,4,14H2,1-3H3/b22-13+. The number of hydrogen-bond donors (Lipinski definition) is 0. The van der Waals surface area contributed by atoms with E-state index in [2.05, 4.69) is 10.1 Å². The molecule has 0 fully saturated rings. The summed E-state index contributed by atoms with van der Waals surface area (Å²) in [6, 6.07) is 15.3. The van der Waals surface area contributed by atoms with Gasteiger partial charge in [-0.05, 0) is 44.2 Å². The highest BCUT2D eigenvalue weighted by Gasteiger charge is 2.11. The van der Waals surface area contributed by atoms with Crippen LogP contribution in [0.3, 0.4) is 0 Å². The summed E-state index contributed by atoms with van der Waals surface area (Å²) in [5.41, 5.74) is 2.49. The first kappa shape index (κ1) is 18.5. The fourth-order valence-corrected chi connectivity index (χ4v) is 2.50. The van der Waals surface area contributed by atoms with Crippen molar-refractivity contribution in [3.63, 3.8) is 0 Å². The molecule has 140 valence electrons. The van der Waals surface area contributed by atoms with Crippen molar-refractivity contribution in [2.24, 2.45) is 5.16 Å². The normalized spacial score (nSPS) is 10.9. The van der Waals surface area contributed by atoms with Crippen LogP contribution >= 0.6 is 0 Å². The molecule has 27 heavy (non-hydrogen) atoms. The Labute approximate surface area is 158 Å². The quantitative estimate of drug-likeness (QED) is 0.430. The fourth-order valence-electron chi connectivity index (χ4n) is 2.50. The summed E-state index contributed by atoms with van der Waals surface area (Å²) >= 11 is 0. The number of aromatic nitrogens is 1. The Balaban J connectivity index is 1.62. The van der Waals surface area contributed by atoms with Crippen LogP contribution in [0.15, 0.2) is 58.1 Å². The van der Waals surface area contributed by atoms with Crippen LogP contribution in [0.5, 0.6) is 11.5 Å². The van der Waals surface area contributed by atoms with E-state index in [9.17, 15) is 0 Å². The second-order valence-electron chi connectivity index (χ2n) is 5.74. The number of rotatable bonds is 8. The van der Waals surface area contributed by atoms with Gasteiger partial charge in [0.1, 0.15) is 11.5 Å². The highest BCUT2D eigenvalue weighted by Crippen LogP contribution is 2.27. The van der Waals surface area contributed by atoms with Gasteiger partial charge in [0, 0.05) is 11.1 Å². The monoisotopic (exact) mass is 366 g/mol. The highest BCUT2D eigenvalue weighted by atomic mass is 16.6. The van der Waals surface area contributed by atoms with Gasteiger partial charge >= 0.3 is 0 Å². The summed E-state index contributed by atoms with van der Waals surface area (Å²) in [7, 11) is 1.60. The molecule has 0 aliphatic heterocycles. The summed E-state index contributed by atoms with van der Waals surface area (Å²) < 4.78 is 16.5. The first-order valence-electron chi connectivity index (χ1n) is 8.69. The molecular formula is C21H22N2O4. The molecule has 0 unspecified atom stereocenters. The molecule has 0 spiro atoms. The number of hydrogen-bond acceptors (Lipinski definition) is 6. The molecule has 0 saturated carbocycles. The number of oxazole rings is 1. The van der Waals surface area contributed by atoms with Gasteiger partial charge in [-0.1, -0.05) is 23.4 Å². The van der Waals surface area contributed by atoms with E-state index in [0.717, 1.165) is 16.8 Å². The predicted octanol–water partition coefficient (Wildman–Crippen LogP) is 4.61. The first-order valence-corrected chi connectivity index (χ1v) is 8.69. The van der Waals surface area contributed by atoms with Crippen LogP contribution in [0, 0.1) is 6.92 Å². The molecular weight excluding hydrogens is 344 g/mol. The van der Waals surface area contributed by atoms with Crippen LogP contribution in [0.2, 0.25) is 0 Å². The van der Waals surface area contributed by atoms with Gasteiger partial charge in [0.25, 0.3) is 0 Å². The molecule has 0 aliphatic rings. The third kappa shape index (κ3) is 4.67. The summed E-state index contributed by atoms with van der Waals surface area (Å²) in [4.78, 5) is 9.86. The van der Waals surface area contributed by atoms with Crippen molar-refractivity contribution in [2.75, 3.05) is 13.7 Å². The lowest BCUT2D eigenvalue weighted by molar-refractivity contribution is 0.128. The molecule has 1 aromatic heterocycles. The van der Waals surface area contributed by atoms with Crippen molar-refractivity contribution in [1.82, 2.24) is 4.98 Å². The van der Waals surface area contributed by atoms with Crippen molar-refractivity contribution >= 4 is 6.21 Å². The Hall–Kier alpha value is -3.28. The zero-order valence-electron chi connectivity index (χ0n) is 15.6. The Morgan fingerprint density at radius 3 is 2.67 bits per heavy atom. The van der Waals surface area contributed by atoms with Gasteiger partial charge in [0.2, 0.25) is 5.89 Å². The van der Waals surface area contributed by atoms with Crippen molar-refractivity contribution in [1.29, 1.82) is 0 Å². The van der Waals surface area contributed by atoms with Crippen LogP contribution in [-0.4, -0.2) is 24.9 Å². The second kappa shape index (κ2) is 8.89. The van der Waals surface area contributed by atoms with Gasteiger partial charge < -0.3 is 18.7 Å². The second-order valence-corrected chi connectivity index (χ2v) is 5.74. The Bertz CT molecular complexity index is 904. The van der Waals surface area contributed by atoms with Crippen molar-refractivity contribution in [3.8, 4) is 23.0 Å². The van der Waals surface area contributed by atoms with Crippen LogP contribution in [0.4, 0.5) is 0 Å². The number of aryl methyl sites for hydroxylation is 1. The smallest absolute Gasteiger partial charge is 0.226 e. The topological polar surface area (TPSA) is 66.1 Å². The minimum Gasteiger partial charge on any atom is -0.493 e. The van der Waals surface area contributed by atoms with Crippen LogP contribution < -0.4 is 9.47 Å². The van der Waals surface area contributed by atoms with Gasteiger partial charge in [0.15, 0.2) is 18.1 Å². The maximum absolute atomic E-state index is 5.71. The van der Waals surface area contributed by atoms with Crippen LogP contribution in [0.25, 0.3) is 11.5 Å². The van der Waals surface area contributed by atoms with E-state index in [0.29, 0.717) is 29.8 Å². The van der Waals surface area contributed by atoms with Crippen molar-refractivity contribution < 1.29 is 18.7 Å². The lowest BCUT2D eigenvalue weighted by Gasteiger charge is -2.09. The van der Waals surface area contributed by atoms with Gasteiger partial charge in [0.05, 0.1) is 19.9 Å². The molecule has 0 atom stereocenters. The van der Waals surface area contributed by atoms with E-state index in [1.807, 2.05) is 62.4 Å². The van der Waals surface area contributed by atoms with Crippen molar-refractivity contribution in [2.45, 2.75) is 20.5 Å². The molecule has 0 aliphatic carbocycles. The van der Waals surface area contributed by atoms with E-state index >= 15 is 0 Å². The summed E-state index contributed by atoms with van der Waals surface area (Å²) in [5, 5.41) is 4.01. The SMILES string of the molecule is CCOc1ccc(/C=N/OCc2nc(-c3ccccc3)oc2C)cc1OC. The summed E-state index contributed by atoms with van der Waals surface area (Å²) in [6.07, 6.45) is 1.62. The molecule has 0 radical (unpaired) electrons. The molecule has 0 saturated heterocycles. The molecule has 6 nitrogen and oxygen atoms in total. The fraction of sp³-hybridized carbons (Fsp3) is 0.238. The Kier molecular flexibility index (Phi) is 6.10. The third-order valence-electron chi connectivity index (χ3n) is 3.88. The maximum Gasteiger partial charge on any atom is 0.226 e. The van der Waals surface area contributed by atoms with Crippen LogP contribution in [-0.2, 0) is 11.4 Å². The third-order valence-corrected chi connectivity index (χ3v) is 3.88. The van der Waals surface area contributed by atoms with E-state index < -0.39 is 0 Å². The van der Waals surface area contributed by atoms with Gasteiger partial charge in [-0.3, -0.25) is 0 Å². The molecule has 6 heteroatoms. The van der Waals surface area contributed by atoms with Gasteiger partial charge in [-0.25, -0.2) is 4.98 Å². The molecule has 0 amide bonds. The van der Waals surface area contributed by atoms with Gasteiger partial charge in [-0.15, -0.1) is 0 Å². The average Bonchev–Trinajstić information content (AvgIpc) is 3.07. The molecule has 1 heterocycles. The van der Waals surface area contributed by atoms with E-state index in [-0.39, 0.29) is 6.61 Å². The minimum atomic E-state index is 0.229. The maximum atomic E-state index is 5.71. The lowest BCUT2D eigenvalue weighted by atomic mass is 10.2. The highest BCUT2D eigenvalue weighted by molar-refractivity contribution is 5.80. The number of ether oxygens (including phenoxy) is 2. The number of benzene rings is 2. The summed E-state index contributed by atoms with van der Waals surface area (Å²) in [5.74, 6) is 2.64. The van der Waals surface area contributed by atoms with E-state index in [1.54, 1.807) is 13.3 Å². The minimum absolute atomic E-state index is 0.229. The largest absolute Gasteiger partial charge is 0.493 e. The average molecular weight is 366 g/mol.